The SMILES string of the molecule is CCN(CC(C)C#N)S(=O)(=O)N1CCCCCC1. The highest BCUT2D eigenvalue weighted by molar-refractivity contribution is 7.86. The molecular weight excluding hydrogens is 250 g/mol. The second kappa shape index (κ2) is 7.07. The van der Waals surface area contributed by atoms with Gasteiger partial charge in [-0.15, -0.1) is 0 Å². The summed E-state index contributed by atoms with van der Waals surface area (Å²) in [5.41, 5.74) is 0. The van der Waals surface area contributed by atoms with Gasteiger partial charge in [0.1, 0.15) is 0 Å². The number of hydrogen-bond donors (Lipinski definition) is 0. The first-order valence-corrected chi connectivity index (χ1v) is 8.07. The van der Waals surface area contributed by atoms with Crippen LogP contribution in [0.4, 0.5) is 0 Å². The Morgan fingerprint density at radius 3 is 2.28 bits per heavy atom. The van der Waals surface area contributed by atoms with Crippen LogP contribution in [-0.4, -0.2) is 43.2 Å². The molecule has 0 saturated carbocycles. The summed E-state index contributed by atoms with van der Waals surface area (Å²) in [6, 6.07) is 2.09. The second-order valence-corrected chi connectivity index (χ2v) is 6.73. The van der Waals surface area contributed by atoms with Gasteiger partial charge in [0.25, 0.3) is 10.2 Å². The molecule has 0 spiro atoms. The molecule has 0 aromatic carbocycles. The maximum Gasteiger partial charge on any atom is 0.282 e. The van der Waals surface area contributed by atoms with Gasteiger partial charge in [-0.1, -0.05) is 19.8 Å². The molecule has 5 nitrogen and oxygen atoms in total. The quantitative estimate of drug-likeness (QED) is 0.764. The Morgan fingerprint density at radius 1 is 1.28 bits per heavy atom. The van der Waals surface area contributed by atoms with Crippen LogP contribution in [0.1, 0.15) is 39.5 Å². The monoisotopic (exact) mass is 273 g/mol. The molecule has 0 radical (unpaired) electrons. The van der Waals surface area contributed by atoms with Crippen LogP contribution in [0, 0.1) is 17.2 Å². The van der Waals surface area contributed by atoms with Crippen molar-refractivity contribution in [1.29, 1.82) is 5.26 Å². The van der Waals surface area contributed by atoms with Gasteiger partial charge in [-0.2, -0.15) is 22.3 Å². The standard InChI is InChI=1S/C12H23N3O2S/c1-3-14(11-12(2)10-13)18(16,17)15-8-6-4-5-7-9-15/h12H,3-9,11H2,1-2H3. The zero-order chi connectivity index (χ0) is 13.6. The van der Waals surface area contributed by atoms with Crippen molar-refractivity contribution < 1.29 is 8.42 Å². The fourth-order valence-corrected chi connectivity index (χ4v) is 3.95. The van der Waals surface area contributed by atoms with E-state index in [0.717, 1.165) is 25.7 Å². The Balaban J connectivity index is 2.78. The summed E-state index contributed by atoms with van der Waals surface area (Å²) < 4.78 is 27.9. The van der Waals surface area contributed by atoms with E-state index in [0.29, 0.717) is 19.6 Å². The van der Waals surface area contributed by atoms with Crippen LogP contribution in [0.2, 0.25) is 0 Å². The fraction of sp³-hybridized carbons (Fsp3) is 0.917. The van der Waals surface area contributed by atoms with Gasteiger partial charge in [-0.3, -0.25) is 0 Å². The molecular formula is C12H23N3O2S. The van der Waals surface area contributed by atoms with Crippen LogP contribution in [0.25, 0.3) is 0 Å². The van der Waals surface area contributed by atoms with Gasteiger partial charge >= 0.3 is 0 Å². The minimum absolute atomic E-state index is 0.272. The molecule has 0 amide bonds. The molecule has 1 rings (SSSR count). The van der Waals surface area contributed by atoms with Gasteiger partial charge in [0, 0.05) is 26.2 Å². The van der Waals surface area contributed by atoms with E-state index in [9.17, 15) is 8.42 Å². The summed E-state index contributed by atoms with van der Waals surface area (Å²) in [5.74, 6) is -0.272. The van der Waals surface area contributed by atoms with Crippen LogP contribution >= 0.6 is 0 Å². The number of rotatable bonds is 5. The van der Waals surface area contributed by atoms with Crippen LogP contribution in [0.5, 0.6) is 0 Å². The summed E-state index contributed by atoms with van der Waals surface area (Å²) in [6.07, 6.45) is 4.08. The van der Waals surface area contributed by atoms with Gasteiger partial charge < -0.3 is 0 Å². The van der Waals surface area contributed by atoms with Gasteiger partial charge in [0.05, 0.1) is 12.0 Å². The molecule has 0 aromatic rings. The zero-order valence-electron chi connectivity index (χ0n) is 11.3. The molecule has 104 valence electrons. The highest BCUT2D eigenvalue weighted by Crippen LogP contribution is 2.17. The van der Waals surface area contributed by atoms with Crippen molar-refractivity contribution in [2.24, 2.45) is 5.92 Å². The smallest absolute Gasteiger partial charge is 0.198 e. The van der Waals surface area contributed by atoms with Gasteiger partial charge in [-0.05, 0) is 19.8 Å². The molecule has 1 aliphatic heterocycles. The lowest BCUT2D eigenvalue weighted by atomic mass is 10.2. The predicted octanol–water partition coefficient (Wildman–Crippen LogP) is 1.59. The van der Waals surface area contributed by atoms with Gasteiger partial charge in [0.2, 0.25) is 0 Å². The van der Waals surface area contributed by atoms with E-state index in [1.165, 1.54) is 4.31 Å². The fourth-order valence-electron chi connectivity index (χ4n) is 2.17. The third kappa shape index (κ3) is 3.94. The average molecular weight is 273 g/mol. The maximum atomic E-state index is 12.5. The molecule has 1 unspecified atom stereocenters. The summed E-state index contributed by atoms with van der Waals surface area (Å²) in [7, 11) is -3.39. The topological polar surface area (TPSA) is 64.4 Å². The molecule has 0 bridgehead atoms. The number of nitrogens with zero attached hydrogens (tertiary/aromatic N) is 3. The average Bonchev–Trinajstić information content (AvgIpc) is 2.64. The van der Waals surface area contributed by atoms with E-state index >= 15 is 0 Å². The van der Waals surface area contributed by atoms with E-state index in [1.807, 2.05) is 6.92 Å². The molecule has 1 aliphatic rings. The van der Waals surface area contributed by atoms with Gasteiger partial charge in [-0.25, -0.2) is 0 Å². The predicted molar refractivity (Wildman–Crippen MR) is 71.0 cm³/mol. The van der Waals surface area contributed by atoms with E-state index in [1.54, 1.807) is 11.2 Å². The molecule has 1 atom stereocenters. The first-order valence-electron chi connectivity index (χ1n) is 6.67. The Kier molecular flexibility index (Phi) is 6.06. The van der Waals surface area contributed by atoms with Crippen LogP contribution in [0.3, 0.4) is 0 Å². The minimum Gasteiger partial charge on any atom is -0.198 e. The zero-order valence-corrected chi connectivity index (χ0v) is 12.1. The van der Waals surface area contributed by atoms with Crippen molar-refractivity contribution in [1.82, 2.24) is 8.61 Å². The van der Waals surface area contributed by atoms with Crippen LogP contribution in [0.15, 0.2) is 0 Å². The van der Waals surface area contributed by atoms with Crippen molar-refractivity contribution in [2.75, 3.05) is 26.2 Å². The molecule has 6 heteroatoms. The van der Waals surface area contributed by atoms with Crippen molar-refractivity contribution in [3.63, 3.8) is 0 Å². The highest BCUT2D eigenvalue weighted by atomic mass is 32.2. The van der Waals surface area contributed by atoms with E-state index in [4.69, 9.17) is 5.26 Å². The van der Waals surface area contributed by atoms with E-state index < -0.39 is 10.2 Å². The summed E-state index contributed by atoms with van der Waals surface area (Å²) in [4.78, 5) is 0. The maximum absolute atomic E-state index is 12.5. The van der Waals surface area contributed by atoms with Crippen molar-refractivity contribution in [3.8, 4) is 6.07 Å². The lowest BCUT2D eigenvalue weighted by Crippen LogP contribution is -2.45. The first kappa shape index (κ1) is 15.4. The normalized spacial score (nSPS) is 20.3. The second-order valence-electron chi connectivity index (χ2n) is 4.80. The third-order valence-corrected chi connectivity index (χ3v) is 5.35. The lowest BCUT2D eigenvalue weighted by molar-refractivity contribution is 0.335. The molecule has 0 aromatic heterocycles. The summed E-state index contributed by atoms with van der Waals surface area (Å²) >= 11 is 0. The molecule has 1 heterocycles. The highest BCUT2D eigenvalue weighted by Gasteiger charge is 2.29. The third-order valence-electron chi connectivity index (χ3n) is 3.27. The largest absolute Gasteiger partial charge is 0.282 e. The number of hydrogen-bond acceptors (Lipinski definition) is 3. The van der Waals surface area contributed by atoms with Gasteiger partial charge in [0.15, 0.2) is 0 Å². The lowest BCUT2D eigenvalue weighted by Gasteiger charge is -2.28. The van der Waals surface area contributed by atoms with Crippen molar-refractivity contribution in [3.05, 3.63) is 0 Å². The Hall–Kier alpha value is -0.640. The Bertz CT molecular complexity index is 381. The van der Waals surface area contributed by atoms with Crippen LogP contribution < -0.4 is 0 Å². The summed E-state index contributed by atoms with van der Waals surface area (Å²) in [6.45, 7) is 5.50. The summed E-state index contributed by atoms with van der Waals surface area (Å²) in [5, 5.41) is 8.82. The molecule has 1 fully saturated rings. The van der Waals surface area contributed by atoms with Crippen molar-refractivity contribution in [2.45, 2.75) is 39.5 Å². The Morgan fingerprint density at radius 2 is 1.83 bits per heavy atom. The molecule has 0 N–H and O–H groups in total. The van der Waals surface area contributed by atoms with Crippen LogP contribution in [-0.2, 0) is 10.2 Å². The number of nitriles is 1. The van der Waals surface area contributed by atoms with E-state index in [2.05, 4.69) is 6.07 Å². The minimum atomic E-state index is -3.39. The first-order chi connectivity index (χ1) is 8.52. The van der Waals surface area contributed by atoms with E-state index in [-0.39, 0.29) is 12.5 Å². The molecule has 1 saturated heterocycles. The van der Waals surface area contributed by atoms with Crippen molar-refractivity contribution >= 4 is 10.2 Å². The molecule has 0 aliphatic carbocycles. The Labute approximate surface area is 111 Å². The molecule has 18 heavy (non-hydrogen) atoms.